The molecule has 0 saturated heterocycles. The SMILES string of the molecule is COc1cccc(C2C(C(=O)Nc3ccccc3)=C(C)N=c3sc(=Cc4ccc(OCc5ccc(Cl)cc5)c(Br)c4)c(=O)n32)c1. The second kappa shape index (κ2) is 13.3. The van der Waals surface area contributed by atoms with Crippen LogP contribution in [-0.2, 0) is 11.4 Å². The number of aromatic nitrogens is 1. The Hall–Kier alpha value is -4.44. The van der Waals surface area contributed by atoms with Gasteiger partial charge < -0.3 is 14.8 Å². The van der Waals surface area contributed by atoms with Crippen LogP contribution in [0, 0.1) is 0 Å². The van der Waals surface area contributed by atoms with Crippen molar-refractivity contribution in [3.8, 4) is 11.5 Å². The van der Waals surface area contributed by atoms with Crippen LogP contribution in [0.4, 0.5) is 5.69 Å². The summed E-state index contributed by atoms with van der Waals surface area (Å²) in [4.78, 5) is 33.1. The number of carbonyl (C=O) groups excluding carboxylic acids is 1. The second-order valence-electron chi connectivity index (χ2n) is 10.3. The fourth-order valence-corrected chi connectivity index (χ4v) is 6.76. The van der Waals surface area contributed by atoms with Gasteiger partial charge in [-0.1, -0.05) is 71.5 Å². The number of thiazole rings is 1. The monoisotopic (exact) mass is 699 g/mol. The van der Waals surface area contributed by atoms with Crippen molar-refractivity contribution in [1.29, 1.82) is 0 Å². The number of anilines is 1. The minimum Gasteiger partial charge on any atom is -0.497 e. The highest BCUT2D eigenvalue weighted by molar-refractivity contribution is 9.10. The molecule has 1 amide bonds. The average molecular weight is 701 g/mol. The first-order valence-electron chi connectivity index (χ1n) is 14.0. The molecule has 4 aromatic carbocycles. The van der Waals surface area contributed by atoms with Gasteiger partial charge in [-0.2, -0.15) is 0 Å². The highest BCUT2D eigenvalue weighted by Gasteiger charge is 2.32. The minimum absolute atomic E-state index is 0.247. The van der Waals surface area contributed by atoms with Gasteiger partial charge in [0.2, 0.25) is 0 Å². The number of hydrogen-bond donors (Lipinski definition) is 1. The number of nitrogens with zero attached hydrogens (tertiary/aromatic N) is 2. The van der Waals surface area contributed by atoms with Gasteiger partial charge in [0, 0.05) is 10.7 Å². The van der Waals surface area contributed by atoms with Crippen LogP contribution in [0.15, 0.2) is 123 Å². The van der Waals surface area contributed by atoms with Crippen molar-refractivity contribution in [2.45, 2.75) is 19.6 Å². The quantitative estimate of drug-likeness (QED) is 0.192. The number of methoxy groups -OCH3 is 1. The molecule has 10 heteroatoms. The first-order chi connectivity index (χ1) is 21.8. The fraction of sp³-hybridized carbons (Fsp3) is 0.114. The number of benzene rings is 4. The molecule has 1 atom stereocenters. The summed E-state index contributed by atoms with van der Waals surface area (Å²) in [7, 11) is 1.58. The normalized spacial score (nSPS) is 14.5. The van der Waals surface area contributed by atoms with Crippen molar-refractivity contribution < 1.29 is 14.3 Å². The third kappa shape index (κ3) is 6.66. The lowest BCUT2D eigenvalue weighted by atomic mass is 9.95. The number of carbonyl (C=O) groups is 1. The maximum Gasteiger partial charge on any atom is 0.271 e. The molecule has 45 heavy (non-hydrogen) atoms. The summed E-state index contributed by atoms with van der Waals surface area (Å²) in [5.41, 5.74) is 3.86. The largest absolute Gasteiger partial charge is 0.497 e. The molecule has 1 aromatic heterocycles. The molecule has 1 aliphatic rings. The first kappa shape index (κ1) is 30.6. The van der Waals surface area contributed by atoms with Gasteiger partial charge in [-0.15, -0.1) is 0 Å². The van der Waals surface area contributed by atoms with Gasteiger partial charge in [0.15, 0.2) is 4.80 Å². The van der Waals surface area contributed by atoms with E-state index in [4.69, 9.17) is 26.1 Å². The van der Waals surface area contributed by atoms with E-state index in [9.17, 15) is 9.59 Å². The summed E-state index contributed by atoms with van der Waals surface area (Å²) in [5, 5.41) is 3.64. The molecule has 6 rings (SSSR count). The third-order valence-corrected chi connectivity index (χ3v) is 9.12. The van der Waals surface area contributed by atoms with E-state index in [0.717, 1.165) is 21.2 Å². The fourth-order valence-electron chi connectivity index (χ4n) is 5.08. The topological polar surface area (TPSA) is 81.9 Å². The molecule has 2 heterocycles. The van der Waals surface area contributed by atoms with E-state index in [1.807, 2.05) is 103 Å². The zero-order valence-corrected chi connectivity index (χ0v) is 27.4. The Balaban J connectivity index is 1.37. The van der Waals surface area contributed by atoms with Gasteiger partial charge in [0.25, 0.3) is 11.5 Å². The molecule has 1 N–H and O–H groups in total. The lowest BCUT2D eigenvalue weighted by Crippen LogP contribution is -2.40. The van der Waals surface area contributed by atoms with Crippen molar-refractivity contribution in [1.82, 2.24) is 4.57 Å². The van der Waals surface area contributed by atoms with Crippen molar-refractivity contribution in [2.75, 3.05) is 12.4 Å². The summed E-state index contributed by atoms with van der Waals surface area (Å²) in [6.07, 6.45) is 1.82. The molecule has 0 fully saturated rings. The van der Waals surface area contributed by atoms with Crippen LogP contribution in [-0.4, -0.2) is 17.6 Å². The van der Waals surface area contributed by atoms with Crippen LogP contribution < -0.4 is 29.7 Å². The summed E-state index contributed by atoms with van der Waals surface area (Å²) >= 11 is 10.9. The maximum atomic E-state index is 14.1. The predicted molar refractivity (Wildman–Crippen MR) is 182 cm³/mol. The molecule has 5 aromatic rings. The summed E-state index contributed by atoms with van der Waals surface area (Å²) in [6, 6.07) is 29.0. The van der Waals surface area contributed by atoms with Crippen molar-refractivity contribution >= 4 is 56.5 Å². The van der Waals surface area contributed by atoms with Crippen molar-refractivity contribution in [3.05, 3.63) is 154 Å². The number of allylic oxidation sites excluding steroid dienone is 1. The lowest BCUT2D eigenvalue weighted by molar-refractivity contribution is -0.113. The van der Waals surface area contributed by atoms with Gasteiger partial charge in [-0.05, 0) is 94.2 Å². The van der Waals surface area contributed by atoms with Crippen molar-refractivity contribution in [3.63, 3.8) is 0 Å². The van der Waals surface area contributed by atoms with Crippen LogP contribution in [0.25, 0.3) is 6.08 Å². The highest BCUT2D eigenvalue weighted by atomic mass is 79.9. The Kier molecular flexibility index (Phi) is 9.02. The third-order valence-electron chi connectivity index (χ3n) is 7.27. The predicted octanol–water partition coefficient (Wildman–Crippen LogP) is 6.88. The van der Waals surface area contributed by atoms with Crippen LogP contribution >= 0.6 is 38.9 Å². The number of fused-ring (bicyclic) bond motifs is 1. The number of hydrogen-bond acceptors (Lipinski definition) is 6. The number of nitrogens with one attached hydrogen (secondary N) is 1. The summed E-state index contributed by atoms with van der Waals surface area (Å²) in [5.74, 6) is 0.962. The molecule has 1 aliphatic heterocycles. The first-order valence-corrected chi connectivity index (χ1v) is 16.0. The van der Waals surface area contributed by atoms with E-state index in [0.29, 0.717) is 49.4 Å². The van der Waals surface area contributed by atoms with Gasteiger partial charge in [0.05, 0.1) is 33.4 Å². The zero-order valence-electron chi connectivity index (χ0n) is 24.3. The minimum atomic E-state index is -0.711. The molecule has 0 spiro atoms. The number of para-hydroxylation sites is 1. The zero-order chi connectivity index (χ0) is 31.5. The van der Waals surface area contributed by atoms with E-state index < -0.39 is 6.04 Å². The van der Waals surface area contributed by atoms with E-state index in [-0.39, 0.29) is 11.5 Å². The Morgan fingerprint density at radius 2 is 1.82 bits per heavy atom. The summed E-state index contributed by atoms with van der Waals surface area (Å²) < 4.78 is 14.3. The molecule has 0 saturated carbocycles. The molecule has 0 radical (unpaired) electrons. The van der Waals surface area contributed by atoms with Crippen LogP contribution in [0.5, 0.6) is 11.5 Å². The van der Waals surface area contributed by atoms with Crippen molar-refractivity contribution in [2.24, 2.45) is 4.99 Å². The lowest BCUT2D eigenvalue weighted by Gasteiger charge is -2.25. The van der Waals surface area contributed by atoms with E-state index in [1.165, 1.54) is 11.3 Å². The Morgan fingerprint density at radius 3 is 2.56 bits per heavy atom. The number of ether oxygens (including phenoxy) is 2. The molecule has 1 unspecified atom stereocenters. The molecular weight excluding hydrogens is 674 g/mol. The molecule has 226 valence electrons. The van der Waals surface area contributed by atoms with E-state index in [2.05, 4.69) is 21.2 Å². The Bertz CT molecular complexity index is 2110. The van der Waals surface area contributed by atoms with Crippen LogP contribution in [0.2, 0.25) is 5.02 Å². The number of rotatable bonds is 8. The maximum absolute atomic E-state index is 14.1. The van der Waals surface area contributed by atoms with Crippen LogP contribution in [0.1, 0.15) is 29.7 Å². The van der Waals surface area contributed by atoms with Crippen LogP contribution in [0.3, 0.4) is 0 Å². The Morgan fingerprint density at radius 1 is 1.04 bits per heavy atom. The van der Waals surface area contributed by atoms with E-state index >= 15 is 0 Å². The molecular formula is C35H27BrClN3O4S. The van der Waals surface area contributed by atoms with Gasteiger partial charge in [-0.25, -0.2) is 4.99 Å². The summed E-state index contributed by atoms with van der Waals surface area (Å²) in [6.45, 7) is 2.18. The Labute approximate surface area is 276 Å². The number of halogens is 2. The highest BCUT2D eigenvalue weighted by Crippen LogP contribution is 2.32. The molecule has 0 bridgehead atoms. The van der Waals surface area contributed by atoms with E-state index in [1.54, 1.807) is 18.6 Å². The van der Waals surface area contributed by atoms with Gasteiger partial charge in [-0.3, -0.25) is 14.2 Å². The standard InChI is InChI=1S/C35H27BrClN3O4S/c1-21-31(33(41)39-26-8-4-3-5-9-26)32(24-7-6-10-27(19-24)43-2)40-34(42)30(45-35(40)38-21)18-23-13-16-29(28(36)17-23)44-20-22-11-14-25(37)15-12-22/h3-19,32H,20H2,1-2H3,(H,39,41). The average Bonchev–Trinajstić information content (AvgIpc) is 3.34. The smallest absolute Gasteiger partial charge is 0.271 e. The number of amides is 1. The van der Waals surface area contributed by atoms with Gasteiger partial charge >= 0.3 is 0 Å². The molecule has 0 aliphatic carbocycles. The second-order valence-corrected chi connectivity index (χ2v) is 12.6. The molecule has 7 nitrogen and oxygen atoms in total. The van der Waals surface area contributed by atoms with Gasteiger partial charge in [0.1, 0.15) is 18.1 Å².